The second kappa shape index (κ2) is 7.27. The van der Waals surface area contributed by atoms with E-state index in [0.29, 0.717) is 36.5 Å². The van der Waals surface area contributed by atoms with Crippen LogP contribution in [0, 0.1) is 5.82 Å². The number of rotatable bonds is 4. The molecule has 0 saturated heterocycles. The van der Waals surface area contributed by atoms with Crippen molar-refractivity contribution in [2.75, 3.05) is 11.9 Å². The average molecular weight is 365 g/mol. The lowest BCUT2D eigenvalue weighted by Crippen LogP contribution is -2.31. The van der Waals surface area contributed by atoms with Crippen LogP contribution in [0.1, 0.15) is 35.8 Å². The van der Waals surface area contributed by atoms with Gasteiger partial charge in [0.05, 0.1) is 11.6 Å². The number of nitrogens with one attached hydrogen (secondary N) is 1. The van der Waals surface area contributed by atoms with Crippen LogP contribution in [0.25, 0.3) is 0 Å². The Morgan fingerprint density at radius 2 is 2.16 bits per heavy atom. The third-order valence-corrected chi connectivity index (χ3v) is 4.42. The summed E-state index contributed by atoms with van der Waals surface area (Å²) in [6.07, 6.45) is 2.43. The van der Waals surface area contributed by atoms with Gasteiger partial charge in [-0.25, -0.2) is 4.39 Å². The van der Waals surface area contributed by atoms with Crippen LogP contribution in [0.4, 0.5) is 10.1 Å². The van der Waals surface area contributed by atoms with Crippen LogP contribution < -0.4 is 15.6 Å². The van der Waals surface area contributed by atoms with Crippen molar-refractivity contribution >= 4 is 23.2 Å². The maximum atomic E-state index is 13.3. The van der Waals surface area contributed by atoms with Crippen molar-refractivity contribution in [3.05, 3.63) is 56.7 Å². The van der Waals surface area contributed by atoms with Crippen LogP contribution in [0.3, 0.4) is 0 Å². The maximum Gasteiger partial charge on any atom is 0.261 e. The minimum atomic E-state index is -0.557. The molecular weight excluding hydrogens is 347 g/mol. The Balaban J connectivity index is 2.03. The molecule has 1 aliphatic heterocycles. The summed E-state index contributed by atoms with van der Waals surface area (Å²) in [5.41, 5.74) is 1.23. The first-order valence-electron chi connectivity index (χ1n) is 8.17. The number of benzene rings is 1. The largest absolute Gasteiger partial charge is 0.493 e. The zero-order chi connectivity index (χ0) is 18.0. The van der Waals surface area contributed by atoms with Gasteiger partial charge in [-0.3, -0.25) is 9.59 Å². The molecule has 0 aliphatic carbocycles. The van der Waals surface area contributed by atoms with Crippen LogP contribution in [0.2, 0.25) is 5.02 Å². The molecule has 0 radical (unpaired) electrons. The summed E-state index contributed by atoms with van der Waals surface area (Å²) in [7, 11) is 0. The van der Waals surface area contributed by atoms with E-state index in [2.05, 4.69) is 5.32 Å². The number of halogens is 2. The van der Waals surface area contributed by atoms with Crippen LogP contribution >= 0.6 is 11.6 Å². The highest BCUT2D eigenvalue weighted by Crippen LogP contribution is 2.27. The van der Waals surface area contributed by atoms with Gasteiger partial charge in [0, 0.05) is 24.0 Å². The zero-order valence-electron chi connectivity index (χ0n) is 13.8. The third kappa shape index (κ3) is 3.54. The van der Waals surface area contributed by atoms with Gasteiger partial charge in [0.25, 0.3) is 11.5 Å². The molecule has 132 valence electrons. The third-order valence-electron chi connectivity index (χ3n) is 4.13. The van der Waals surface area contributed by atoms with Crippen molar-refractivity contribution in [2.24, 2.45) is 0 Å². The highest BCUT2D eigenvalue weighted by Gasteiger charge is 2.24. The van der Waals surface area contributed by atoms with E-state index in [-0.39, 0.29) is 16.3 Å². The molecule has 3 rings (SSSR count). The molecule has 0 spiro atoms. The van der Waals surface area contributed by atoms with E-state index in [4.69, 9.17) is 16.3 Å². The van der Waals surface area contributed by atoms with Gasteiger partial charge in [-0.05, 0) is 44.4 Å². The van der Waals surface area contributed by atoms with Gasteiger partial charge < -0.3 is 14.6 Å². The van der Waals surface area contributed by atoms with E-state index in [1.165, 1.54) is 24.3 Å². The first-order valence-corrected chi connectivity index (χ1v) is 8.55. The van der Waals surface area contributed by atoms with Crippen LogP contribution in [-0.4, -0.2) is 17.1 Å². The van der Waals surface area contributed by atoms with Crippen LogP contribution in [0.15, 0.2) is 29.1 Å². The molecule has 0 unspecified atom stereocenters. The molecule has 0 saturated carbocycles. The highest BCUT2D eigenvalue weighted by molar-refractivity contribution is 6.31. The quantitative estimate of drug-likeness (QED) is 0.901. The molecule has 1 aromatic heterocycles. The fourth-order valence-electron chi connectivity index (χ4n) is 3.02. The number of fused-ring (bicyclic) bond motifs is 1. The number of ether oxygens (including phenoxy) is 1. The number of carbonyl (C=O) groups is 1. The first kappa shape index (κ1) is 17.5. The van der Waals surface area contributed by atoms with Crippen molar-refractivity contribution in [3.63, 3.8) is 0 Å². The minimum Gasteiger partial charge on any atom is -0.493 e. The van der Waals surface area contributed by atoms with Gasteiger partial charge in [-0.15, -0.1) is 0 Å². The van der Waals surface area contributed by atoms with Gasteiger partial charge in [-0.1, -0.05) is 11.6 Å². The summed E-state index contributed by atoms with van der Waals surface area (Å²) in [6.45, 7) is 2.72. The number of hydrogen-bond donors (Lipinski definition) is 1. The molecular formula is C18H18ClFN2O3. The lowest BCUT2D eigenvalue weighted by Gasteiger charge is -2.23. The van der Waals surface area contributed by atoms with Gasteiger partial charge in [0.1, 0.15) is 17.1 Å². The molecule has 7 heteroatoms. The van der Waals surface area contributed by atoms with E-state index in [9.17, 15) is 14.0 Å². The van der Waals surface area contributed by atoms with Crippen LogP contribution in [-0.2, 0) is 13.0 Å². The summed E-state index contributed by atoms with van der Waals surface area (Å²) in [4.78, 5) is 25.1. The van der Waals surface area contributed by atoms with Gasteiger partial charge in [-0.2, -0.15) is 0 Å². The molecule has 0 atom stereocenters. The van der Waals surface area contributed by atoms with Gasteiger partial charge >= 0.3 is 0 Å². The Kier molecular flexibility index (Phi) is 5.08. The molecule has 1 N–H and O–H groups in total. The lowest BCUT2D eigenvalue weighted by atomic mass is 10.0. The van der Waals surface area contributed by atoms with Crippen molar-refractivity contribution < 1.29 is 13.9 Å². The minimum absolute atomic E-state index is 0.0749. The monoisotopic (exact) mass is 364 g/mol. The number of carbonyl (C=O) groups excluding carboxylic acids is 1. The summed E-state index contributed by atoms with van der Waals surface area (Å²) >= 11 is 5.76. The van der Waals surface area contributed by atoms with Crippen molar-refractivity contribution in [3.8, 4) is 5.75 Å². The van der Waals surface area contributed by atoms with E-state index >= 15 is 0 Å². The number of hydrogen-bond acceptors (Lipinski definition) is 3. The summed E-state index contributed by atoms with van der Waals surface area (Å²) < 4.78 is 20.4. The molecule has 1 aliphatic rings. The van der Waals surface area contributed by atoms with E-state index < -0.39 is 11.7 Å². The molecule has 1 amide bonds. The van der Waals surface area contributed by atoms with Gasteiger partial charge in [0.15, 0.2) is 0 Å². The number of anilines is 1. The Labute approximate surface area is 149 Å². The zero-order valence-corrected chi connectivity index (χ0v) is 14.5. The number of nitrogens with zero attached hydrogens (tertiary/aromatic N) is 1. The highest BCUT2D eigenvalue weighted by atomic mass is 35.5. The van der Waals surface area contributed by atoms with E-state index in [1.807, 2.05) is 0 Å². The average Bonchev–Trinajstić information content (AvgIpc) is 2.59. The Morgan fingerprint density at radius 1 is 1.36 bits per heavy atom. The number of amides is 1. The summed E-state index contributed by atoms with van der Waals surface area (Å²) in [6, 6.07) is 5.31. The SMILES string of the molecule is CCOc1cc(=O)n2c(c1C(=O)Nc1ccc(F)c(Cl)c1)CCCC2. The molecule has 2 heterocycles. The first-order chi connectivity index (χ1) is 12.0. The Hall–Kier alpha value is -2.34. The van der Waals surface area contributed by atoms with Crippen molar-refractivity contribution in [1.29, 1.82) is 0 Å². The summed E-state index contributed by atoms with van der Waals surface area (Å²) in [5, 5.41) is 2.63. The molecule has 0 bridgehead atoms. The number of pyridine rings is 1. The predicted molar refractivity (Wildman–Crippen MR) is 94.2 cm³/mol. The number of aromatic nitrogens is 1. The topological polar surface area (TPSA) is 60.3 Å². The molecule has 2 aromatic rings. The van der Waals surface area contributed by atoms with Crippen molar-refractivity contribution in [2.45, 2.75) is 32.7 Å². The van der Waals surface area contributed by atoms with E-state index in [0.717, 1.165) is 12.8 Å². The molecule has 5 nitrogen and oxygen atoms in total. The second-order valence-corrected chi connectivity index (χ2v) is 6.20. The Bertz CT molecular complexity index is 879. The maximum absolute atomic E-state index is 13.3. The fraction of sp³-hybridized carbons (Fsp3) is 0.333. The van der Waals surface area contributed by atoms with Crippen LogP contribution in [0.5, 0.6) is 5.75 Å². The van der Waals surface area contributed by atoms with Gasteiger partial charge in [0.2, 0.25) is 0 Å². The summed E-state index contributed by atoms with van der Waals surface area (Å²) in [5.74, 6) is -0.693. The van der Waals surface area contributed by atoms with E-state index in [1.54, 1.807) is 11.5 Å². The Morgan fingerprint density at radius 3 is 2.88 bits per heavy atom. The molecule has 0 fully saturated rings. The second-order valence-electron chi connectivity index (χ2n) is 5.79. The fourth-order valence-corrected chi connectivity index (χ4v) is 3.20. The van der Waals surface area contributed by atoms with Crippen molar-refractivity contribution in [1.82, 2.24) is 4.57 Å². The standard InChI is InChI=1S/C18H18ClFN2O3/c1-2-25-15-10-16(23)22-8-4-3-5-14(22)17(15)18(24)21-11-6-7-13(20)12(19)9-11/h6-7,9-10H,2-5,8H2,1H3,(H,21,24). The molecule has 25 heavy (non-hydrogen) atoms. The predicted octanol–water partition coefficient (Wildman–Crippen LogP) is 3.63. The smallest absolute Gasteiger partial charge is 0.261 e. The molecule has 1 aromatic carbocycles. The normalized spacial score (nSPS) is 13.2. The lowest BCUT2D eigenvalue weighted by molar-refractivity contribution is 0.102.